The van der Waals surface area contributed by atoms with Crippen molar-refractivity contribution < 1.29 is 64.6 Å². The first kappa shape index (κ1) is 40.4. The summed E-state index contributed by atoms with van der Waals surface area (Å²) in [7, 11) is 0. The molecule has 5 fully saturated rings. The minimum Gasteiger partial charge on any atom is -0.481 e. The van der Waals surface area contributed by atoms with E-state index in [4.69, 9.17) is 18.9 Å². The Balaban J connectivity index is 1.15. The van der Waals surface area contributed by atoms with E-state index in [9.17, 15) is 45.6 Å². The molecule has 8 N–H and O–H groups in total. The minimum atomic E-state index is -1.46. The number of hydrogen-bond donors (Lipinski definition) is 8. The molecule has 3 saturated carbocycles. The lowest BCUT2D eigenvalue weighted by molar-refractivity contribution is -0.312. The van der Waals surface area contributed by atoms with Gasteiger partial charge in [0.2, 0.25) is 0 Å². The number of ether oxygens (including phenoxy) is 4. The largest absolute Gasteiger partial charge is 0.481 e. The zero-order chi connectivity index (χ0) is 37.7. The predicted octanol–water partition coefficient (Wildman–Crippen LogP) is 1.96. The van der Waals surface area contributed by atoms with Gasteiger partial charge < -0.3 is 59.8 Å². The normalized spacial score (nSPS) is 48.2. The van der Waals surface area contributed by atoms with Gasteiger partial charge in [0.1, 0.15) is 30.5 Å². The monoisotopic (exact) mass is 740 g/mol. The molecule has 52 heavy (non-hydrogen) atoms. The van der Waals surface area contributed by atoms with Crippen LogP contribution in [0.5, 0.6) is 0 Å². The van der Waals surface area contributed by atoms with Crippen LogP contribution in [0.15, 0.2) is 11.6 Å². The molecule has 0 amide bonds. The van der Waals surface area contributed by atoms with Crippen LogP contribution in [0, 0.1) is 52.3 Å². The van der Waals surface area contributed by atoms with Crippen LogP contribution in [0.3, 0.4) is 0 Å². The van der Waals surface area contributed by atoms with E-state index in [0.717, 1.165) is 25.7 Å². The third-order valence-electron chi connectivity index (χ3n) is 14.5. The summed E-state index contributed by atoms with van der Waals surface area (Å²) in [6, 6.07) is 0. The number of fused-ring (bicyclic) bond motifs is 5. The van der Waals surface area contributed by atoms with Crippen LogP contribution in [-0.4, -0.2) is 128 Å². The molecule has 2 saturated heterocycles. The van der Waals surface area contributed by atoms with Crippen molar-refractivity contribution in [3.63, 3.8) is 0 Å². The Labute approximate surface area is 307 Å². The number of rotatable bonds is 13. The van der Waals surface area contributed by atoms with E-state index in [0.29, 0.717) is 36.2 Å². The summed E-state index contributed by atoms with van der Waals surface area (Å²) in [5.74, 6) is -0.142. The summed E-state index contributed by atoms with van der Waals surface area (Å²) in [6.45, 7) is 7.85. The highest BCUT2D eigenvalue weighted by Gasteiger charge is 2.65. The van der Waals surface area contributed by atoms with Crippen molar-refractivity contribution in [1.29, 1.82) is 0 Å². The second kappa shape index (κ2) is 16.1. The summed E-state index contributed by atoms with van der Waals surface area (Å²) in [4.78, 5) is 13.4. The predicted molar refractivity (Wildman–Crippen MR) is 186 cm³/mol. The van der Waals surface area contributed by atoms with E-state index in [1.54, 1.807) is 6.08 Å². The second-order valence-corrected chi connectivity index (χ2v) is 17.7. The van der Waals surface area contributed by atoms with E-state index in [1.807, 2.05) is 0 Å². The molecule has 6 aliphatic rings. The van der Waals surface area contributed by atoms with Crippen LogP contribution in [0.4, 0.5) is 0 Å². The lowest BCUT2D eigenvalue weighted by Crippen LogP contribution is -2.60. The minimum absolute atomic E-state index is 0.0651. The maximum Gasteiger partial charge on any atom is 0.314 e. The highest BCUT2D eigenvalue weighted by molar-refractivity contribution is 5.80. The molecule has 2 heterocycles. The standard InChI is InChI=1S/C39H64O13/c1-19(2)6-5-7-20(3)24-8-9-25-30-26(11-12-38(24,25)4)39(37(47)48)13-10-22(14-21(39)15-27(30)42)50-36-32(44)23(31(43)28(16-40)52-36)18-49-35-34(46)33(45)29(17-41)51-35/h15,19-20,22-36,40-46H,5-14,16-18H2,1-4H3,(H,47,48)/t20-,22+,23+,24-,25?,26?,27+,28-,29-,30?,31+,32-,33-,34+,35-,36-,38-,39-/m1/s1. The van der Waals surface area contributed by atoms with Gasteiger partial charge in [0.05, 0.1) is 43.5 Å². The van der Waals surface area contributed by atoms with Crippen LogP contribution in [0.25, 0.3) is 0 Å². The van der Waals surface area contributed by atoms with Crippen LogP contribution in [0.1, 0.15) is 91.9 Å². The van der Waals surface area contributed by atoms with Gasteiger partial charge in [-0.1, -0.05) is 58.6 Å². The van der Waals surface area contributed by atoms with Crippen molar-refractivity contribution in [2.75, 3.05) is 19.8 Å². The van der Waals surface area contributed by atoms with Crippen LogP contribution in [0.2, 0.25) is 0 Å². The second-order valence-electron chi connectivity index (χ2n) is 17.7. The Hall–Kier alpha value is -1.23. The Morgan fingerprint density at radius 3 is 2.21 bits per heavy atom. The van der Waals surface area contributed by atoms with Gasteiger partial charge in [0, 0.05) is 5.92 Å². The van der Waals surface area contributed by atoms with Gasteiger partial charge in [-0.2, -0.15) is 0 Å². The number of aliphatic carboxylic acids is 1. The number of aliphatic hydroxyl groups is 7. The third-order valence-corrected chi connectivity index (χ3v) is 14.5. The van der Waals surface area contributed by atoms with Crippen LogP contribution >= 0.6 is 0 Å². The molecule has 13 heteroatoms. The summed E-state index contributed by atoms with van der Waals surface area (Å²) in [5.41, 5.74) is -0.397. The Morgan fingerprint density at radius 2 is 1.56 bits per heavy atom. The van der Waals surface area contributed by atoms with Crippen molar-refractivity contribution in [3.05, 3.63) is 11.6 Å². The number of carboxylic acid groups (broad SMARTS) is 1. The molecule has 6 rings (SSSR count). The molecule has 0 radical (unpaired) electrons. The zero-order valence-electron chi connectivity index (χ0n) is 31.2. The molecule has 18 atom stereocenters. The highest BCUT2D eigenvalue weighted by atomic mass is 16.7. The summed E-state index contributed by atoms with van der Waals surface area (Å²) in [5, 5.41) is 84.8. The van der Waals surface area contributed by atoms with Crippen molar-refractivity contribution in [1.82, 2.24) is 0 Å². The summed E-state index contributed by atoms with van der Waals surface area (Å²) < 4.78 is 23.1. The average Bonchev–Trinajstić information content (AvgIpc) is 3.60. The van der Waals surface area contributed by atoms with Crippen molar-refractivity contribution in [3.8, 4) is 0 Å². The van der Waals surface area contributed by atoms with Crippen molar-refractivity contribution in [2.45, 2.75) is 153 Å². The molecular formula is C39H64O13. The van der Waals surface area contributed by atoms with Gasteiger partial charge >= 0.3 is 5.97 Å². The molecule has 4 aliphatic carbocycles. The first-order valence-electron chi connectivity index (χ1n) is 19.8. The zero-order valence-corrected chi connectivity index (χ0v) is 31.2. The third kappa shape index (κ3) is 7.15. The van der Waals surface area contributed by atoms with Crippen LogP contribution < -0.4 is 0 Å². The average molecular weight is 741 g/mol. The van der Waals surface area contributed by atoms with Gasteiger partial charge in [-0.3, -0.25) is 4.79 Å². The van der Waals surface area contributed by atoms with Gasteiger partial charge in [0.25, 0.3) is 0 Å². The van der Waals surface area contributed by atoms with E-state index < -0.39 is 91.9 Å². The molecule has 0 aromatic carbocycles. The fourth-order valence-electron chi connectivity index (χ4n) is 11.7. The lowest BCUT2D eigenvalue weighted by Gasteiger charge is -2.59. The van der Waals surface area contributed by atoms with E-state index in [2.05, 4.69) is 27.7 Å². The van der Waals surface area contributed by atoms with Gasteiger partial charge in [0.15, 0.2) is 12.6 Å². The van der Waals surface area contributed by atoms with Crippen molar-refractivity contribution in [2.24, 2.45) is 52.3 Å². The maximum atomic E-state index is 13.4. The van der Waals surface area contributed by atoms with Gasteiger partial charge in [-0.15, -0.1) is 0 Å². The SMILES string of the molecule is CC(C)CCC[C@@H](C)[C@H]1CCC2C3C(CC[C@@]21C)[C@@]1(C(=O)O)CC[C@H](O[C@@H]2O[C@H](CO)[C@@H](O)[C@H](CO[C@@H]4O[C@H](CO)[C@@H](O)[C@@H]4O)[C@H]2O)CC1=C[C@@H]3O. The molecule has 0 spiro atoms. The number of carboxylic acids is 1. The highest BCUT2D eigenvalue weighted by Crippen LogP contribution is 2.67. The molecular weight excluding hydrogens is 676 g/mol. The maximum absolute atomic E-state index is 13.4. The molecule has 0 aromatic heterocycles. The molecule has 298 valence electrons. The number of hydrogen-bond acceptors (Lipinski definition) is 12. The molecule has 2 aliphatic heterocycles. The van der Waals surface area contributed by atoms with E-state index in [1.165, 1.54) is 19.3 Å². The topological polar surface area (TPSA) is 216 Å². The summed E-state index contributed by atoms with van der Waals surface area (Å²) >= 11 is 0. The quantitative estimate of drug-likeness (QED) is 0.127. The molecule has 13 nitrogen and oxygen atoms in total. The molecule has 0 aromatic rings. The van der Waals surface area contributed by atoms with Crippen LogP contribution in [-0.2, 0) is 23.7 Å². The smallest absolute Gasteiger partial charge is 0.314 e. The first-order chi connectivity index (χ1) is 24.7. The molecule has 0 bridgehead atoms. The summed E-state index contributed by atoms with van der Waals surface area (Å²) in [6.07, 6.45) is -1.60. The van der Waals surface area contributed by atoms with Gasteiger partial charge in [-0.25, -0.2) is 0 Å². The number of aliphatic hydroxyl groups excluding tert-OH is 7. The Bertz CT molecular complexity index is 1260. The van der Waals surface area contributed by atoms with E-state index in [-0.39, 0.29) is 36.2 Å². The lowest BCUT2D eigenvalue weighted by atomic mass is 9.45. The number of carbonyl (C=O) groups is 1. The first-order valence-corrected chi connectivity index (χ1v) is 19.8. The van der Waals surface area contributed by atoms with Gasteiger partial charge in [-0.05, 0) is 85.9 Å². The Kier molecular flexibility index (Phi) is 12.5. The van der Waals surface area contributed by atoms with E-state index >= 15 is 0 Å². The fraction of sp³-hybridized carbons (Fsp3) is 0.923. The fourth-order valence-corrected chi connectivity index (χ4v) is 11.7. The Morgan fingerprint density at radius 1 is 0.865 bits per heavy atom. The molecule has 3 unspecified atom stereocenters. The van der Waals surface area contributed by atoms with Crippen molar-refractivity contribution >= 4 is 5.97 Å².